The molecule has 0 amide bonds. The molecule has 0 saturated carbocycles. The summed E-state index contributed by atoms with van der Waals surface area (Å²) in [5.74, 6) is 0. The molecule has 0 aromatic carbocycles. The van der Waals surface area contributed by atoms with Crippen molar-refractivity contribution in [3.8, 4) is 0 Å². The second kappa shape index (κ2) is 6.91. The van der Waals surface area contributed by atoms with Crippen LogP contribution in [-0.4, -0.2) is 57.0 Å². The molecule has 1 saturated heterocycles. The van der Waals surface area contributed by atoms with Gasteiger partial charge >= 0.3 is 30.6 Å². The minimum Gasteiger partial charge on any atom is -0.380 e. The fourth-order valence-electron chi connectivity index (χ4n) is 1.50. The van der Waals surface area contributed by atoms with Crippen molar-refractivity contribution in [2.24, 2.45) is 5.41 Å². The Bertz CT molecular complexity index is 487. The summed E-state index contributed by atoms with van der Waals surface area (Å²) < 4.78 is 151. The van der Waals surface area contributed by atoms with Crippen LogP contribution in [-0.2, 0) is 18.9 Å². The van der Waals surface area contributed by atoms with Crippen molar-refractivity contribution < 1.29 is 67.2 Å². The summed E-state index contributed by atoms with van der Waals surface area (Å²) in [6.07, 6.45) is -32.0. The van der Waals surface area contributed by atoms with Crippen LogP contribution >= 0.6 is 0 Å². The molecule has 1 aliphatic rings. The lowest BCUT2D eigenvalue weighted by Gasteiger charge is -2.38. The van der Waals surface area contributed by atoms with Gasteiger partial charge in [0.1, 0.15) is 6.61 Å². The van der Waals surface area contributed by atoms with Crippen LogP contribution in [0.1, 0.15) is 6.92 Å². The minimum absolute atomic E-state index is 0.0774. The molecular weight excluding hydrogens is 405 g/mol. The highest BCUT2D eigenvalue weighted by Gasteiger charge is 2.72. The van der Waals surface area contributed by atoms with Crippen LogP contribution in [0.5, 0.6) is 0 Å². The molecule has 0 radical (unpaired) electrons. The van der Waals surface area contributed by atoms with Gasteiger partial charge in [-0.05, 0) is 0 Å². The number of halogens is 11. The summed E-state index contributed by atoms with van der Waals surface area (Å²) in [4.78, 5) is 0. The molecule has 1 fully saturated rings. The van der Waals surface area contributed by atoms with E-state index in [4.69, 9.17) is 4.74 Å². The molecule has 0 aromatic rings. The molecule has 15 heteroatoms. The quantitative estimate of drug-likeness (QED) is 0.533. The van der Waals surface area contributed by atoms with E-state index in [9.17, 15) is 48.3 Å². The first-order chi connectivity index (χ1) is 11.3. The topological polar surface area (TPSA) is 36.9 Å². The molecule has 156 valence electrons. The highest BCUT2D eigenvalue weighted by molar-refractivity contribution is 4.80. The van der Waals surface area contributed by atoms with E-state index in [1.807, 2.05) is 0 Å². The molecule has 0 bridgehead atoms. The second-order valence-corrected chi connectivity index (χ2v) is 5.69. The van der Waals surface area contributed by atoms with Gasteiger partial charge in [0.15, 0.2) is 0 Å². The third-order valence-corrected chi connectivity index (χ3v) is 2.82. The third-order valence-electron chi connectivity index (χ3n) is 2.82. The van der Waals surface area contributed by atoms with Crippen molar-refractivity contribution >= 4 is 0 Å². The monoisotopic (exact) mass is 416 g/mol. The SMILES string of the molecule is CC1(COCC(F)(F)OC(F)(F)C(F)(F)OC(F)(F)C(F)(F)F)COC1. The van der Waals surface area contributed by atoms with Crippen molar-refractivity contribution in [3.63, 3.8) is 0 Å². The van der Waals surface area contributed by atoms with Crippen LogP contribution in [0.15, 0.2) is 0 Å². The van der Waals surface area contributed by atoms with Crippen molar-refractivity contribution in [2.75, 3.05) is 26.4 Å². The van der Waals surface area contributed by atoms with Gasteiger partial charge in [-0.1, -0.05) is 6.92 Å². The molecule has 26 heavy (non-hydrogen) atoms. The van der Waals surface area contributed by atoms with E-state index in [-0.39, 0.29) is 13.2 Å². The van der Waals surface area contributed by atoms with Gasteiger partial charge in [0, 0.05) is 5.41 Å². The summed E-state index contributed by atoms with van der Waals surface area (Å²) in [6.45, 7) is -0.839. The lowest BCUT2D eigenvalue weighted by atomic mass is 9.90. The minimum atomic E-state index is -6.81. The standard InChI is InChI=1S/C11H11F11O4/c1-6(2-23-3-6)4-24-5-7(12,13)25-10(19,20)11(21,22)26-9(17,18)8(14,15)16/h2-5H2,1H3. The van der Waals surface area contributed by atoms with Crippen LogP contribution < -0.4 is 0 Å². The van der Waals surface area contributed by atoms with Crippen molar-refractivity contribution in [1.29, 1.82) is 0 Å². The molecule has 0 atom stereocenters. The Hall–Kier alpha value is -0.930. The first kappa shape index (κ1) is 23.1. The Labute approximate surface area is 138 Å². The molecule has 1 rings (SSSR count). The van der Waals surface area contributed by atoms with Gasteiger partial charge in [0.2, 0.25) is 0 Å². The molecule has 1 heterocycles. The first-order valence-electron chi connectivity index (χ1n) is 6.46. The van der Waals surface area contributed by atoms with E-state index in [1.54, 1.807) is 4.74 Å². The van der Waals surface area contributed by atoms with Crippen LogP contribution in [0.4, 0.5) is 48.3 Å². The predicted molar refractivity (Wildman–Crippen MR) is 57.8 cm³/mol. The number of hydrogen-bond donors (Lipinski definition) is 0. The smallest absolute Gasteiger partial charge is 0.380 e. The fourth-order valence-corrected chi connectivity index (χ4v) is 1.50. The maximum absolute atomic E-state index is 13.2. The van der Waals surface area contributed by atoms with Crippen LogP contribution in [0.3, 0.4) is 0 Å². The zero-order chi connectivity index (χ0) is 20.7. The average Bonchev–Trinajstić information content (AvgIpc) is 2.32. The van der Waals surface area contributed by atoms with Gasteiger partial charge in [-0.15, -0.1) is 0 Å². The van der Waals surface area contributed by atoms with Gasteiger partial charge in [0.25, 0.3) is 0 Å². The van der Waals surface area contributed by atoms with E-state index >= 15 is 0 Å². The number of ether oxygens (including phenoxy) is 4. The Balaban J connectivity index is 2.71. The maximum atomic E-state index is 13.2. The number of alkyl halides is 11. The molecule has 0 aromatic heterocycles. The summed E-state index contributed by atoms with van der Waals surface area (Å²) in [6, 6.07) is 0. The molecule has 0 spiro atoms. The Morgan fingerprint density at radius 1 is 0.769 bits per heavy atom. The molecule has 0 aliphatic carbocycles. The number of rotatable bonds is 9. The summed E-state index contributed by atoms with van der Waals surface area (Å²) in [5, 5.41) is 0. The number of hydrogen-bond acceptors (Lipinski definition) is 4. The molecule has 1 aliphatic heterocycles. The van der Waals surface area contributed by atoms with E-state index in [1.165, 1.54) is 6.92 Å². The largest absolute Gasteiger partial charge is 0.483 e. The average molecular weight is 416 g/mol. The van der Waals surface area contributed by atoms with E-state index in [2.05, 4.69) is 9.47 Å². The van der Waals surface area contributed by atoms with E-state index in [0.29, 0.717) is 0 Å². The predicted octanol–water partition coefficient (Wildman–Crippen LogP) is 4.01. The highest BCUT2D eigenvalue weighted by Crippen LogP contribution is 2.47. The summed E-state index contributed by atoms with van der Waals surface area (Å²) in [7, 11) is 0. The lowest BCUT2D eigenvalue weighted by molar-refractivity contribution is -0.537. The summed E-state index contributed by atoms with van der Waals surface area (Å²) >= 11 is 0. The zero-order valence-electron chi connectivity index (χ0n) is 12.6. The van der Waals surface area contributed by atoms with Gasteiger partial charge in [-0.3, -0.25) is 0 Å². The van der Waals surface area contributed by atoms with Gasteiger partial charge in [-0.2, -0.15) is 48.3 Å². The molecule has 0 unspecified atom stereocenters. The summed E-state index contributed by atoms with van der Waals surface area (Å²) in [5.41, 5.74) is -0.736. The molecule has 0 N–H and O–H groups in total. The van der Waals surface area contributed by atoms with E-state index < -0.39 is 49.2 Å². The highest BCUT2D eigenvalue weighted by atomic mass is 19.4. The van der Waals surface area contributed by atoms with Crippen molar-refractivity contribution in [2.45, 2.75) is 37.5 Å². The normalized spacial score (nSPS) is 19.4. The van der Waals surface area contributed by atoms with Crippen LogP contribution in [0.25, 0.3) is 0 Å². The Morgan fingerprint density at radius 3 is 1.62 bits per heavy atom. The van der Waals surface area contributed by atoms with Gasteiger partial charge in [-0.25, -0.2) is 9.47 Å². The fraction of sp³-hybridized carbons (Fsp3) is 1.00. The Kier molecular flexibility index (Phi) is 6.14. The van der Waals surface area contributed by atoms with Crippen LogP contribution in [0.2, 0.25) is 0 Å². The maximum Gasteiger partial charge on any atom is 0.483 e. The van der Waals surface area contributed by atoms with Crippen molar-refractivity contribution in [1.82, 2.24) is 0 Å². The van der Waals surface area contributed by atoms with Crippen molar-refractivity contribution in [3.05, 3.63) is 0 Å². The Morgan fingerprint density at radius 2 is 1.23 bits per heavy atom. The zero-order valence-corrected chi connectivity index (χ0v) is 12.6. The van der Waals surface area contributed by atoms with E-state index in [0.717, 1.165) is 0 Å². The third kappa shape index (κ3) is 5.53. The lowest BCUT2D eigenvalue weighted by Crippen LogP contribution is -2.55. The second-order valence-electron chi connectivity index (χ2n) is 5.69. The van der Waals surface area contributed by atoms with Crippen LogP contribution in [0, 0.1) is 5.41 Å². The van der Waals surface area contributed by atoms with Gasteiger partial charge < -0.3 is 9.47 Å². The van der Waals surface area contributed by atoms with Gasteiger partial charge in [0.05, 0.1) is 19.8 Å². The molecular formula is C11H11F11O4. The first-order valence-corrected chi connectivity index (χ1v) is 6.46. The molecule has 4 nitrogen and oxygen atoms in total.